The Hall–Kier alpha value is -6.10. The van der Waals surface area contributed by atoms with Crippen molar-refractivity contribution in [1.29, 1.82) is 0 Å². The minimum atomic E-state index is 0. The molecule has 10 rings (SSSR count). The summed E-state index contributed by atoms with van der Waals surface area (Å²) in [5.74, 6) is 2.01. The number of rotatable bonds is 6. The molecule has 51 heavy (non-hydrogen) atoms. The average molecular weight is 838 g/mol. The molecule has 9 aromatic rings. The van der Waals surface area contributed by atoms with Gasteiger partial charge in [0.1, 0.15) is 5.82 Å². The van der Waals surface area contributed by atoms with Gasteiger partial charge in [0.15, 0.2) is 0 Å². The third kappa shape index (κ3) is 5.27. The fraction of sp³-hybridized carbons (Fsp3) is 0. The van der Waals surface area contributed by atoms with Gasteiger partial charge in [0, 0.05) is 72.5 Å². The van der Waals surface area contributed by atoms with E-state index in [1.165, 1.54) is 5.39 Å². The SMILES string of the molecule is [Pt].[c-]1c(Oc2[c-]c3c(cc2)c2ccccc2n3-c2cc3c(cn2)c2ccccc2n3-c2ccccc2)cccc1N1C=CN(c2ccccc2)[CH-]1. The molecule has 0 bridgehead atoms. The standard InChI is InChI=1S/C44H28N5O.Pt/c1-3-12-31(13-4-1)46-24-25-47(30-46)33-16-11-17-34(26-33)50-35-22-23-38-36-18-7-10-21-41(36)49(42(38)27-35)44-28-43-39(29-45-44)37-19-8-9-20-40(37)48(43)32-14-5-2-6-15-32;/h1-25,28-30H;/q-3;. The molecule has 0 saturated carbocycles. The number of benzene rings is 6. The number of anilines is 2. The third-order valence-electron chi connectivity index (χ3n) is 9.29. The summed E-state index contributed by atoms with van der Waals surface area (Å²) in [6.45, 7) is 2.03. The molecule has 0 atom stereocenters. The van der Waals surface area contributed by atoms with Gasteiger partial charge in [0.2, 0.25) is 0 Å². The largest absolute Gasteiger partial charge is 0.509 e. The number of para-hydroxylation sites is 4. The average Bonchev–Trinajstić information content (AvgIpc) is 3.89. The summed E-state index contributed by atoms with van der Waals surface area (Å²) < 4.78 is 10.9. The molecule has 0 fully saturated rings. The van der Waals surface area contributed by atoms with Crippen LogP contribution in [0.3, 0.4) is 0 Å². The smallest absolute Gasteiger partial charge is 0.137 e. The molecule has 0 unspecified atom stereocenters. The van der Waals surface area contributed by atoms with Crippen molar-refractivity contribution in [3.8, 4) is 23.0 Å². The predicted octanol–water partition coefficient (Wildman–Crippen LogP) is 10.6. The van der Waals surface area contributed by atoms with Crippen molar-refractivity contribution >= 4 is 55.0 Å². The van der Waals surface area contributed by atoms with Crippen molar-refractivity contribution in [2.75, 3.05) is 9.80 Å². The minimum Gasteiger partial charge on any atom is -0.509 e. The van der Waals surface area contributed by atoms with Crippen LogP contribution < -0.4 is 14.5 Å². The molecule has 4 heterocycles. The Labute approximate surface area is 309 Å². The van der Waals surface area contributed by atoms with Crippen LogP contribution in [0.15, 0.2) is 164 Å². The normalized spacial score (nSPS) is 12.7. The van der Waals surface area contributed by atoms with Crippen LogP contribution in [0, 0.1) is 18.8 Å². The van der Waals surface area contributed by atoms with E-state index in [2.05, 4.69) is 123 Å². The molecule has 6 aromatic carbocycles. The van der Waals surface area contributed by atoms with Gasteiger partial charge in [-0.3, -0.25) is 0 Å². The first kappa shape index (κ1) is 30.9. The second kappa shape index (κ2) is 12.7. The predicted molar refractivity (Wildman–Crippen MR) is 202 cm³/mol. The van der Waals surface area contributed by atoms with Crippen LogP contribution in [-0.2, 0) is 21.1 Å². The molecule has 7 heteroatoms. The maximum atomic E-state index is 6.44. The van der Waals surface area contributed by atoms with Gasteiger partial charge in [-0.2, -0.15) is 12.1 Å². The fourth-order valence-corrected chi connectivity index (χ4v) is 7.02. The van der Waals surface area contributed by atoms with Gasteiger partial charge in [-0.25, -0.2) is 4.98 Å². The number of ether oxygens (including phenoxy) is 1. The molecule has 0 radical (unpaired) electrons. The number of nitrogens with zero attached hydrogens (tertiary/aromatic N) is 5. The van der Waals surface area contributed by atoms with Gasteiger partial charge in [-0.15, -0.1) is 48.1 Å². The van der Waals surface area contributed by atoms with Crippen LogP contribution >= 0.6 is 0 Å². The monoisotopic (exact) mass is 837 g/mol. The Balaban J connectivity index is 0.00000348. The second-order valence-corrected chi connectivity index (χ2v) is 12.3. The minimum absolute atomic E-state index is 0. The second-order valence-electron chi connectivity index (χ2n) is 12.3. The van der Waals surface area contributed by atoms with Crippen molar-refractivity contribution in [1.82, 2.24) is 14.1 Å². The van der Waals surface area contributed by atoms with Crippen LogP contribution in [0.25, 0.3) is 55.1 Å². The van der Waals surface area contributed by atoms with E-state index in [4.69, 9.17) is 9.72 Å². The number of hydrogen-bond donors (Lipinski definition) is 0. The molecule has 1 aliphatic heterocycles. The van der Waals surface area contributed by atoms with Crippen molar-refractivity contribution < 1.29 is 25.8 Å². The van der Waals surface area contributed by atoms with Gasteiger partial charge in [0.05, 0.1) is 11.0 Å². The van der Waals surface area contributed by atoms with E-state index in [0.717, 1.165) is 61.1 Å². The van der Waals surface area contributed by atoms with Gasteiger partial charge < -0.3 is 23.7 Å². The van der Waals surface area contributed by atoms with Gasteiger partial charge in [-0.1, -0.05) is 78.3 Å². The van der Waals surface area contributed by atoms with Crippen LogP contribution in [0.2, 0.25) is 0 Å². The number of fused-ring (bicyclic) bond motifs is 6. The van der Waals surface area contributed by atoms with Crippen molar-refractivity contribution in [3.63, 3.8) is 0 Å². The molecule has 248 valence electrons. The first-order chi connectivity index (χ1) is 24.8. The van der Waals surface area contributed by atoms with Crippen LogP contribution in [0.4, 0.5) is 11.4 Å². The van der Waals surface area contributed by atoms with Crippen LogP contribution in [-0.4, -0.2) is 14.1 Å². The van der Waals surface area contributed by atoms with Gasteiger partial charge in [0.25, 0.3) is 0 Å². The van der Waals surface area contributed by atoms with E-state index in [1.54, 1.807) is 0 Å². The molecule has 1 aliphatic rings. The molecule has 0 spiro atoms. The Bertz CT molecular complexity index is 2740. The number of hydrogen-bond acceptors (Lipinski definition) is 4. The Morgan fingerprint density at radius 2 is 1.16 bits per heavy atom. The number of aromatic nitrogens is 3. The number of pyridine rings is 1. The van der Waals surface area contributed by atoms with Crippen LogP contribution in [0.1, 0.15) is 0 Å². The van der Waals surface area contributed by atoms with E-state index >= 15 is 0 Å². The molecule has 3 aromatic heterocycles. The Kier molecular flexibility index (Phi) is 7.67. The van der Waals surface area contributed by atoms with Crippen molar-refractivity contribution in [2.24, 2.45) is 0 Å². The summed E-state index contributed by atoms with van der Waals surface area (Å²) in [6, 6.07) is 56.9. The van der Waals surface area contributed by atoms with E-state index in [-0.39, 0.29) is 21.1 Å². The zero-order valence-electron chi connectivity index (χ0n) is 27.1. The summed E-state index contributed by atoms with van der Waals surface area (Å²) in [7, 11) is 0. The molecule has 0 aliphatic carbocycles. The molecule has 0 saturated heterocycles. The van der Waals surface area contributed by atoms with E-state index in [9.17, 15) is 0 Å². The topological polar surface area (TPSA) is 38.5 Å². The summed E-state index contributed by atoms with van der Waals surface area (Å²) >= 11 is 0. The van der Waals surface area contributed by atoms with Crippen molar-refractivity contribution in [2.45, 2.75) is 0 Å². The first-order valence-corrected chi connectivity index (χ1v) is 16.5. The van der Waals surface area contributed by atoms with Crippen LogP contribution in [0.5, 0.6) is 11.5 Å². The molecule has 0 amide bonds. The summed E-state index contributed by atoms with van der Waals surface area (Å²) in [5, 5.41) is 4.48. The molecular formula is C44H28N5OPt-3. The van der Waals surface area contributed by atoms with Crippen molar-refractivity contribution in [3.05, 3.63) is 183 Å². The van der Waals surface area contributed by atoms with Gasteiger partial charge >= 0.3 is 0 Å². The molecule has 0 N–H and O–H groups in total. The fourth-order valence-electron chi connectivity index (χ4n) is 7.02. The third-order valence-corrected chi connectivity index (χ3v) is 9.29. The maximum absolute atomic E-state index is 6.44. The zero-order chi connectivity index (χ0) is 33.0. The van der Waals surface area contributed by atoms with E-state index in [0.29, 0.717) is 11.5 Å². The maximum Gasteiger partial charge on any atom is 0.137 e. The first-order valence-electron chi connectivity index (χ1n) is 16.5. The zero-order valence-corrected chi connectivity index (χ0v) is 29.4. The molecular weight excluding hydrogens is 810 g/mol. The molecule has 6 nitrogen and oxygen atoms in total. The summed E-state index contributed by atoms with van der Waals surface area (Å²) in [5.41, 5.74) is 7.25. The van der Waals surface area contributed by atoms with E-state index < -0.39 is 0 Å². The Morgan fingerprint density at radius 1 is 0.510 bits per heavy atom. The quantitative estimate of drug-likeness (QED) is 0.156. The Morgan fingerprint density at radius 3 is 1.94 bits per heavy atom. The van der Waals surface area contributed by atoms with Gasteiger partial charge in [-0.05, 0) is 54.2 Å². The summed E-state index contributed by atoms with van der Waals surface area (Å²) in [4.78, 5) is 9.17. The van der Waals surface area contributed by atoms with E-state index in [1.807, 2.05) is 78.7 Å². The summed E-state index contributed by atoms with van der Waals surface area (Å²) in [6.07, 6.45) is 6.04.